The van der Waals surface area contributed by atoms with Gasteiger partial charge in [0.05, 0.1) is 13.0 Å². The summed E-state index contributed by atoms with van der Waals surface area (Å²) in [4.78, 5) is 54.2. The Morgan fingerprint density at radius 2 is 1.28 bits per heavy atom. The van der Waals surface area contributed by atoms with Crippen molar-refractivity contribution < 1.29 is 33.4 Å². The van der Waals surface area contributed by atoms with Crippen molar-refractivity contribution in [1.82, 2.24) is 4.90 Å². The van der Waals surface area contributed by atoms with Gasteiger partial charge in [0.25, 0.3) is 0 Å². The Hall–Kier alpha value is -3.94. The normalized spacial score (nSPS) is 21.6. The molecule has 0 radical (unpaired) electrons. The Morgan fingerprint density at radius 3 is 1.87 bits per heavy atom. The minimum Gasteiger partial charge on any atom is -0.497 e. The highest BCUT2D eigenvalue weighted by molar-refractivity contribution is 6.02. The Kier molecular flexibility index (Phi) is 19.3. The third kappa shape index (κ3) is 15.4. The SMILES string of the molecule is COc1ccc(CN(CC(=O)OCc2ccccc2)C(=O)C(CC2CCCCC2)C(=O)CCC2CCCCC2)cc1.O=C1O/C(=C\CC2CCCCC2)C1CC1CCCCC1. The number of nitrogens with zero attached hydrogens (tertiary/aromatic N) is 1. The van der Waals surface area contributed by atoms with Gasteiger partial charge in [-0.25, -0.2) is 0 Å². The number of amides is 1. The van der Waals surface area contributed by atoms with Crippen LogP contribution in [-0.2, 0) is 41.8 Å². The summed E-state index contributed by atoms with van der Waals surface area (Å²) >= 11 is 0. The third-order valence-electron chi connectivity index (χ3n) is 14.4. The summed E-state index contributed by atoms with van der Waals surface area (Å²) in [7, 11) is 1.61. The number of ketones is 1. The van der Waals surface area contributed by atoms with E-state index < -0.39 is 11.9 Å². The van der Waals surface area contributed by atoms with Crippen LogP contribution in [0, 0.1) is 35.5 Å². The van der Waals surface area contributed by atoms with E-state index in [2.05, 4.69) is 6.08 Å². The Morgan fingerprint density at radius 1 is 0.705 bits per heavy atom. The van der Waals surface area contributed by atoms with E-state index >= 15 is 0 Å². The molecule has 2 atom stereocenters. The molecule has 5 fully saturated rings. The van der Waals surface area contributed by atoms with Crippen LogP contribution in [0.25, 0.3) is 0 Å². The number of allylic oxidation sites excluding steroid dienone is 1. The van der Waals surface area contributed by atoms with Crippen LogP contribution in [0.2, 0.25) is 0 Å². The van der Waals surface area contributed by atoms with Crippen LogP contribution in [0.5, 0.6) is 5.75 Å². The van der Waals surface area contributed by atoms with Gasteiger partial charge in [0.2, 0.25) is 5.91 Å². The molecule has 7 rings (SSSR count). The summed E-state index contributed by atoms with van der Waals surface area (Å²) in [6.07, 6.45) is 31.8. The number of rotatable bonds is 18. The zero-order chi connectivity index (χ0) is 42.7. The summed E-state index contributed by atoms with van der Waals surface area (Å²) in [5.74, 6) is 3.07. The highest BCUT2D eigenvalue weighted by Gasteiger charge is 2.39. The highest BCUT2D eigenvalue weighted by atomic mass is 16.6. The van der Waals surface area contributed by atoms with Crippen molar-refractivity contribution in [2.24, 2.45) is 35.5 Å². The van der Waals surface area contributed by atoms with E-state index in [4.69, 9.17) is 14.2 Å². The maximum atomic E-state index is 14.2. The molecule has 0 bridgehead atoms. The lowest BCUT2D eigenvalue weighted by Crippen LogP contribution is -2.43. The van der Waals surface area contributed by atoms with E-state index in [1.165, 1.54) is 103 Å². The second-order valence-corrected chi connectivity index (χ2v) is 19.0. The fourth-order valence-corrected chi connectivity index (χ4v) is 10.6. The largest absolute Gasteiger partial charge is 0.497 e. The fourth-order valence-electron chi connectivity index (χ4n) is 10.6. The molecule has 2 aromatic rings. The molecule has 8 nitrogen and oxygen atoms in total. The molecule has 1 saturated heterocycles. The summed E-state index contributed by atoms with van der Waals surface area (Å²) in [6.45, 7) is 0.200. The van der Waals surface area contributed by atoms with E-state index in [-0.39, 0.29) is 43.3 Å². The van der Waals surface area contributed by atoms with Gasteiger partial charge in [-0.2, -0.15) is 0 Å². The number of esters is 2. The average molecular weight is 838 g/mol. The van der Waals surface area contributed by atoms with Crippen LogP contribution in [0.4, 0.5) is 0 Å². The minimum atomic E-state index is -0.707. The van der Waals surface area contributed by atoms with Crippen molar-refractivity contribution >= 4 is 23.6 Å². The second kappa shape index (κ2) is 25.2. The van der Waals surface area contributed by atoms with E-state index in [1.54, 1.807) is 12.0 Å². The van der Waals surface area contributed by atoms with Crippen molar-refractivity contribution in [2.75, 3.05) is 13.7 Å². The number of hydrogen-bond donors (Lipinski definition) is 0. The molecule has 61 heavy (non-hydrogen) atoms. The Labute approximate surface area is 366 Å². The number of ether oxygens (including phenoxy) is 3. The molecule has 0 aromatic heterocycles. The molecule has 4 aliphatic carbocycles. The molecule has 0 spiro atoms. The standard InChI is InChI=1S/C35H47NO5.C18H28O2/c1-40-31-20-17-29(18-21-31)24-36(25-34(38)41-26-30-15-9-4-10-16-30)35(39)32(23-28-13-7-3-8-14-28)33(37)22-19-27-11-5-2-6-12-27;19-18-16(13-15-9-5-2-6-10-15)17(20-18)12-11-14-7-3-1-4-8-14/h4,9-10,15-18,20-21,27-28,32H,2-3,5-8,11-14,19,22-26H2,1H3;12,14-16H,1-11,13H2/b;17-12-. The van der Waals surface area contributed by atoms with Crippen molar-refractivity contribution in [3.63, 3.8) is 0 Å². The predicted octanol–water partition coefficient (Wildman–Crippen LogP) is 12.3. The Bertz CT molecular complexity index is 1660. The van der Waals surface area contributed by atoms with Gasteiger partial charge in [-0.15, -0.1) is 0 Å². The smallest absolute Gasteiger partial charge is 0.325 e. The van der Waals surface area contributed by atoms with Gasteiger partial charge in [-0.05, 0) is 78.7 Å². The van der Waals surface area contributed by atoms with Gasteiger partial charge < -0.3 is 19.1 Å². The van der Waals surface area contributed by atoms with Crippen LogP contribution in [0.3, 0.4) is 0 Å². The molecular formula is C53H75NO7. The first-order chi connectivity index (χ1) is 29.8. The summed E-state index contributed by atoms with van der Waals surface area (Å²) in [5, 5.41) is 0. The average Bonchev–Trinajstić information content (AvgIpc) is 3.31. The van der Waals surface area contributed by atoms with Crippen molar-refractivity contribution in [2.45, 2.75) is 174 Å². The van der Waals surface area contributed by atoms with E-state index in [9.17, 15) is 19.2 Å². The third-order valence-corrected chi connectivity index (χ3v) is 14.4. The number of carbonyl (C=O) groups is 4. The molecule has 0 N–H and O–H groups in total. The second-order valence-electron chi connectivity index (χ2n) is 19.0. The zero-order valence-electron chi connectivity index (χ0n) is 37.3. The molecule has 1 heterocycles. The lowest BCUT2D eigenvalue weighted by Gasteiger charge is -2.32. The van der Waals surface area contributed by atoms with Gasteiger partial charge in [0.15, 0.2) is 0 Å². The topological polar surface area (TPSA) is 99.2 Å². The quantitative estimate of drug-likeness (QED) is 0.109. The molecule has 8 heteroatoms. The van der Waals surface area contributed by atoms with Gasteiger partial charge in [0, 0.05) is 13.0 Å². The Balaban J connectivity index is 0.000000258. The van der Waals surface area contributed by atoms with E-state index in [1.807, 2.05) is 54.6 Å². The van der Waals surface area contributed by atoms with Gasteiger partial charge in [-0.3, -0.25) is 19.2 Å². The fraction of sp³-hybridized carbons (Fsp3) is 0.660. The summed E-state index contributed by atoms with van der Waals surface area (Å²) in [5.41, 5.74) is 1.77. The van der Waals surface area contributed by atoms with Gasteiger partial charge >= 0.3 is 11.9 Å². The first-order valence-corrected chi connectivity index (χ1v) is 24.4. The lowest BCUT2D eigenvalue weighted by atomic mass is 9.79. The number of benzene rings is 2. The molecule has 2 unspecified atom stereocenters. The minimum absolute atomic E-state index is 0.0328. The predicted molar refractivity (Wildman–Crippen MR) is 240 cm³/mol. The number of methoxy groups -OCH3 is 1. The lowest BCUT2D eigenvalue weighted by molar-refractivity contribution is -0.158. The zero-order valence-corrected chi connectivity index (χ0v) is 37.3. The number of hydrogen-bond acceptors (Lipinski definition) is 7. The number of Topliss-reactive ketones (excluding diaryl/α,β-unsaturated/α-hetero) is 1. The first-order valence-electron chi connectivity index (χ1n) is 24.4. The van der Waals surface area contributed by atoms with Crippen LogP contribution < -0.4 is 4.74 Å². The van der Waals surface area contributed by atoms with E-state index in [0.29, 0.717) is 24.7 Å². The summed E-state index contributed by atoms with van der Waals surface area (Å²) < 4.78 is 16.2. The van der Waals surface area contributed by atoms with Crippen LogP contribution >= 0.6 is 0 Å². The van der Waals surface area contributed by atoms with Crippen molar-refractivity contribution in [1.29, 1.82) is 0 Å². The van der Waals surface area contributed by atoms with E-state index in [0.717, 1.165) is 79.4 Å². The molecule has 1 amide bonds. The van der Waals surface area contributed by atoms with Crippen molar-refractivity contribution in [3.8, 4) is 5.75 Å². The van der Waals surface area contributed by atoms with Crippen molar-refractivity contribution in [3.05, 3.63) is 77.6 Å². The molecular weight excluding hydrogens is 763 g/mol. The first kappa shape index (κ1) is 46.6. The van der Waals surface area contributed by atoms with Crippen LogP contribution in [-0.4, -0.2) is 42.2 Å². The maximum absolute atomic E-state index is 14.2. The number of carbonyl (C=O) groups excluding carboxylic acids is 4. The van der Waals surface area contributed by atoms with Gasteiger partial charge in [-0.1, -0.05) is 171 Å². The van der Waals surface area contributed by atoms with Crippen LogP contribution in [0.15, 0.2) is 66.4 Å². The molecule has 1 aliphatic heterocycles. The highest BCUT2D eigenvalue weighted by Crippen LogP contribution is 2.39. The molecule has 4 saturated carbocycles. The molecule has 5 aliphatic rings. The van der Waals surface area contributed by atoms with Gasteiger partial charge in [0.1, 0.15) is 36.4 Å². The number of cyclic esters (lactones) is 1. The summed E-state index contributed by atoms with van der Waals surface area (Å²) in [6, 6.07) is 17.0. The monoisotopic (exact) mass is 838 g/mol. The molecule has 334 valence electrons. The maximum Gasteiger partial charge on any atom is 0.325 e. The van der Waals surface area contributed by atoms with Crippen LogP contribution in [0.1, 0.15) is 172 Å². The molecule has 2 aromatic carbocycles.